The Morgan fingerprint density at radius 3 is 2.47 bits per heavy atom. The van der Waals surface area contributed by atoms with Crippen LogP contribution in [0.15, 0.2) is 22.7 Å². The van der Waals surface area contributed by atoms with E-state index in [1.54, 1.807) is 12.1 Å². The van der Waals surface area contributed by atoms with Gasteiger partial charge in [-0.05, 0) is 61.3 Å². The molecule has 0 radical (unpaired) electrons. The summed E-state index contributed by atoms with van der Waals surface area (Å²) < 4.78 is 14.2. The second kappa shape index (κ2) is 5.25. The van der Waals surface area contributed by atoms with Gasteiger partial charge in [-0.2, -0.15) is 5.26 Å². The van der Waals surface area contributed by atoms with Gasteiger partial charge in [0.25, 0.3) is 0 Å². The molecule has 0 aromatic heterocycles. The molecule has 0 unspecified atom stereocenters. The first-order chi connectivity index (χ1) is 8.86. The number of nitriles is 1. The lowest BCUT2D eigenvalue weighted by molar-refractivity contribution is 0.146. The maximum absolute atomic E-state index is 13.3. The molecular formula is C16H19BrFN. The Kier molecular flexibility index (Phi) is 4.01. The number of halogens is 2. The second-order valence-corrected chi connectivity index (χ2v) is 7.32. The van der Waals surface area contributed by atoms with Crippen molar-refractivity contribution in [2.45, 2.75) is 46.0 Å². The Hall–Kier alpha value is -0.880. The quantitative estimate of drug-likeness (QED) is 0.730. The van der Waals surface area contributed by atoms with Crippen LogP contribution < -0.4 is 0 Å². The lowest BCUT2D eigenvalue weighted by atomic mass is 9.64. The van der Waals surface area contributed by atoms with Gasteiger partial charge in [-0.3, -0.25) is 0 Å². The molecule has 0 amide bonds. The molecule has 0 spiro atoms. The number of rotatable bonds is 2. The fourth-order valence-corrected chi connectivity index (χ4v) is 3.16. The average molecular weight is 324 g/mol. The first-order valence-electron chi connectivity index (χ1n) is 6.71. The summed E-state index contributed by atoms with van der Waals surface area (Å²) in [5.41, 5.74) is 0.909. The molecule has 1 nitrogen and oxygen atoms in total. The highest BCUT2D eigenvalue weighted by Gasteiger charge is 2.38. The number of hydrogen-bond donors (Lipinski definition) is 0. The molecule has 0 heterocycles. The van der Waals surface area contributed by atoms with E-state index in [1.807, 2.05) is 0 Å². The fourth-order valence-electron chi connectivity index (χ4n) is 2.78. The van der Waals surface area contributed by atoms with E-state index in [1.165, 1.54) is 6.07 Å². The molecule has 1 aliphatic carbocycles. The molecule has 1 aromatic carbocycles. The van der Waals surface area contributed by atoms with Gasteiger partial charge in [-0.25, -0.2) is 4.39 Å². The number of hydrogen-bond acceptors (Lipinski definition) is 1. The van der Waals surface area contributed by atoms with Crippen molar-refractivity contribution in [1.82, 2.24) is 0 Å². The van der Waals surface area contributed by atoms with Crippen LogP contribution in [-0.2, 0) is 6.42 Å². The van der Waals surface area contributed by atoms with Crippen LogP contribution in [0.1, 0.15) is 45.1 Å². The van der Waals surface area contributed by atoms with E-state index in [0.29, 0.717) is 11.8 Å². The summed E-state index contributed by atoms with van der Waals surface area (Å²) in [7, 11) is 0. The van der Waals surface area contributed by atoms with E-state index in [4.69, 9.17) is 0 Å². The molecule has 1 aliphatic rings. The van der Waals surface area contributed by atoms with Gasteiger partial charge < -0.3 is 0 Å². The van der Waals surface area contributed by atoms with Crippen molar-refractivity contribution in [2.24, 2.45) is 10.8 Å². The summed E-state index contributed by atoms with van der Waals surface area (Å²) in [6.45, 7) is 4.51. The molecule has 1 saturated carbocycles. The van der Waals surface area contributed by atoms with Crippen LogP contribution >= 0.6 is 15.9 Å². The molecule has 0 saturated heterocycles. The predicted molar refractivity (Wildman–Crippen MR) is 78.1 cm³/mol. The monoisotopic (exact) mass is 323 g/mol. The topological polar surface area (TPSA) is 23.8 Å². The normalized spacial score (nSPS) is 20.8. The minimum atomic E-state index is -0.328. The first kappa shape index (κ1) is 14.5. The summed E-state index contributed by atoms with van der Waals surface area (Å²) in [5.74, 6) is -0.234. The van der Waals surface area contributed by atoms with Crippen LogP contribution in [-0.4, -0.2) is 0 Å². The van der Waals surface area contributed by atoms with Gasteiger partial charge in [0.1, 0.15) is 5.82 Å². The standard InChI is InChI=1S/C16H19BrFN/c1-15(2)5-7-16(11-19,8-6-15)10-12-9-13(18)3-4-14(12)17/h3-4,9H,5-8,10H2,1-2H3. The smallest absolute Gasteiger partial charge is 0.123 e. The molecule has 0 bridgehead atoms. The third-order valence-corrected chi connectivity index (χ3v) is 5.11. The van der Waals surface area contributed by atoms with E-state index < -0.39 is 0 Å². The first-order valence-corrected chi connectivity index (χ1v) is 7.50. The van der Waals surface area contributed by atoms with E-state index >= 15 is 0 Å². The third-order valence-electron chi connectivity index (χ3n) is 4.33. The molecule has 0 atom stereocenters. The van der Waals surface area contributed by atoms with Crippen LogP contribution in [0.25, 0.3) is 0 Å². The van der Waals surface area contributed by atoms with Crippen LogP contribution in [0.2, 0.25) is 0 Å². The van der Waals surface area contributed by atoms with Gasteiger partial charge in [0.2, 0.25) is 0 Å². The summed E-state index contributed by atoms with van der Waals surface area (Å²) in [4.78, 5) is 0. The summed E-state index contributed by atoms with van der Waals surface area (Å²) in [6.07, 6.45) is 4.57. The van der Waals surface area contributed by atoms with Crippen molar-refractivity contribution in [3.8, 4) is 6.07 Å². The third kappa shape index (κ3) is 3.36. The van der Waals surface area contributed by atoms with Crippen molar-refractivity contribution in [3.63, 3.8) is 0 Å². The lowest BCUT2D eigenvalue weighted by Gasteiger charge is -2.39. The minimum absolute atomic E-state index is 0.234. The van der Waals surface area contributed by atoms with Gasteiger partial charge in [0, 0.05) is 4.47 Å². The summed E-state index contributed by atoms with van der Waals surface area (Å²) >= 11 is 3.46. The Morgan fingerprint density at radius 2 is 1.89 bits per heavy atom. The second-order valence-electron chi connectivity index (χ2n) is 6.47. The highest BCUT2D eigenvalue weighted by Crippen LogP contribution is 2.46. The van der Waals surface area contributed by atoms with Gasteiger partial charge in [-0.1, -0.05) is 29.8 Å². The van der Waals surface area contributed by atoms with E-state index in [-0.39, 0.29) is 11.2 Å². The van der Waals surface area contributed by atoms with Gasteiger partial charge in [-0.15, -0.1) is 0 Å². The van der Waals surface area contributed by atoms with E-state index in [2.05, 4.69) is 35.8 Å². The Labute approximate surface area is 123 Å². The zero-order chi connectivity index (χ0) is 14.1. The molecule has 0 aliphatic heterocycles. The van der Waals surface area contributed by atoms with Gasteiger partial charge in [0.15, 0.2) is 0 Å². The van der Waals surface area contributed by atoms with Crippen LogP contribution in [0.3, 0.4) is 0 Å². The zero-order valence-electron chi connectivity index (χ0n) is 11.5. The molecule has 19 heavy (non-hydrogen) atoms. The summed E-state index contributed by atoms with van der Waals surface area (Å²) in [5, 5.41) is 9.57. The number of benzene rings is 1. The Morgan fingerprint density at radius 1 is 1.26 bits per heavy atom. The van der Waals surface area contributed by atoms with E-state index in [0.717, 1.165) is 35.7 Å². The maximum atomic E-state index is 13.3. The summed E-state index contributed by atoms with van der Waals surface area (Å²) in [6, 6.07) is 7.22. The molecule has 1 aromatic rings. The average Bonchev–Trinajstić information content (AvgIpc) is 2.37. The van der Waals surface area contributed by atoms with Crippen molar-refractivity contribution < 1.29 is 4.39 Å². The largest absolute Gasteiger partial charge is 0.207 e. The van der Waals surface area contributed by atoms with Crippen molar-refractivity contribution >= 4 is 15.9 Å². The van der Waals surface area contributed by atoms with Crippen LogP contribution in [0, 0.1) is 28.0 Å². The highest BCUT2D eigenvalue weighted by atomic mass is 79.9. The van der Waals surface area contributed by atoms with Crippen molar-refractivity contribution in [3.05, 3.63) is 34.1 Å². The molecular weight excluding hydrogens is 305 g/mol. The number of nitrogens with zero attached hydrogens (tertiary/aromatic N) is 1. The van der Waals surface area contributed by atoms with Crippen molar-refractivity contribution in [2.75, 3.05) is 0 Å². The predicted octanol–water partition coefficient (Wildman–Crippen LogP) is 5.24. The highest BCUT2D eigenvalue weighted by molar-refractivity contribution is 9.10. The molecule has 1 fully saturated rings. The maximum Gasteiger partial charge on any atom is 0.123 e. The fraction of sp³-hybridized carbons (Fsp3) is 0.562. The Bertz CT molecular complexity index is 506. The van der Waals surface area contributed by atoms with Crippen LogP contribution in [0.4, 0.5) is 4.39 Å². The van der Waals surface area contributed by atoms with Gasteiger partial charge in [0.05, 0.1) is 11.5 Å². The van der Waals surface area contributed by atoms with Gasteiger partial charge >= 0.3 is 0 Å². The minimum Gasteiger partial charge on any atom is -0.207 e. The molecule has 3 heteroatoms. The zero-order valence-corrected chi connectivity index (χ0v) is 13.1. The molecule has 0 N–H and O–H groups in total. The molecule has 102 valence electrons. The lowest BCUT2D eigenvalue weighted by Crippen LogP contribution is -2.32. The SMILES string of the molecule is CC1(C)CCC(C#N)(Cc2cc(F)ccc2Br)CC1. The van der Waals surface area contributed by atoms with Crippen LogP contribution in [0.5, 0.6) is 0 Å². The Balaban J connectivity index is 2.21. The van der Waals surface area contributed by atoms with Crippen molar-refractivity contribution in [1.29, 1.82) is 5.26 Å². The van der Waals surface area contributed by atoms with E-state index in [9.17, 15) is 9.65 Å². The molecule has 2 rings (SSSR count).